The van der Waals surface area contributed by atoms with Gasteiger partial charge >= 0.3 is 0 Å². The molecule has 0 saturated heterocycles. The smallest absolute Gasteiger partial charge is 0.200 e. The first-order valence-corrected chi connectivity index (χ1v) is 7.56. The number of nitrogens with zero attached hydrogens (tertiary/aromatic N) is 2. The van der Waals surface area contributed by atoms with Crippen LogP contribution in [0.4, 0.5) is 5.69 Å². The first kappa shape index (κ1) is 13.6. The maximum absolute atomic E-state index is 5.87. The summed E-state index contributed by atoms with van der Waals surface area (Å²) in [4.78, 5) is 6.43. The predicted octanol–water partition coefficient (Wildman–Crippen LogP) is 4.62. The van der Waals surface area contributed by atoms with Crippen LogP contribution in [0.2, 0.25) is 0 Å². The van der Waals surface area contributed by atoms with Crippen LogP contribution in [-0.2, 0) is 0 Å². The van der Waals surface area contributed by atoms with Crippen molar-refractivity contribution >= 4 is 22.7 Å². The number of para-hydroxylation sites is 3. The van der Waals surface area contributed by atoms with Gasteiger partial charge in [-0.25, -0.2) is 0 Å². The number of ether oxygens (including phenoxy) is 1. The Morgan fingerprint density at radius 3 is 2.74 bits per heavy atom. The Bertz CT molecular complexity index is 922. The summed E-state index contributed by atoms with van der Waals surface area (Å²) in [5.74, 6) is 1.71. The van der Waals surface area contributed by atoms with Gasteiger partial charge in [0, 0.05) is 18.6 Å². The Hall–Kier alpha value is -3.07. The Balaban J connectivity index is 1.63. The molecule has 0 atom stereocenters. The van der Waals surface area contributed by atoms with E-state index in [0.29, 0.717) is 0 Å². The number of anilines is 1. The monoisotopic (exact) mass is 300 g/mol. The highest BCUT2D eigenvalue weighted by atomic mass is 16.5. The van der Waals surface area contributed by atoms with Crippen LogP contribution in [-0.4, -0.2) is 12.0 Å². The van der Waals surface area contributed by atoms with Crippen LogP contribution < -0.4 is 9.64 Å². The average molecular weight is 300 g/mol. The number of hydrogen-bond acceptors (Lipinski definition) is 3. The van der Waals surface area contributed by atoms with Crippen molar-refractivity contribution in [1.82, 2.24) is 4.98 Å². The van der Waals surface area contributed by atoms with Gasteiger partial charge in [-0.15, -0.1) is 0 Å². The van der Waals surface area contributed by atoms with Crippen LogP contribution in [0.1, 0.15) is 5.56 Å². The Kier molecular flexibility index (Phi) is 3.31. The van der Waals surface area contributed by atoms with E-state index < -0.39 is 0 Å². The molecule has 2 heterocycles. The van der Waals surface area contributed by atoms with Gasteiger partial charge in [0.15, 0.2) is 11.6 Å². The molecule has 0 fully saturated rings. The van der Waals surface area contributed by atoms with Crippen molar-refractivity contribution in [3.63, 3.8) is 0 Å². The minimum absolute atomic E-state index is 0.820. The van der Waals surface area contributed by atoms with Gasteiger partial charge in [0.05, 0.1) is 11.2 Å². The van der Waals surface area contributed by atoms with Crippen LogP contribution >= 0.6 is 0 Å². The Morgan fingerprint density at radius 1 is 1.00 bits per heavy atom. The van der Waals surface area contributed by atoms with Crippen LogP contribution in [0.15, 0.2) is 78.8 Å². The molecule has 0 bridgehead atoms. The number of rotatable bonds is 2. The molecule has 0 N–H and O–H groups in total. The lowest BCUT2D eigenvalue weighted by molar-refractivity contribution is 0.444. The minimum atomic E-state index is 0.820. The number of fused-ring (bicyclic) bond motifs is 2. The maximum Gasteiger partial charge on any atom is 0.200 e. The topological polar surface area (TPSA) is 25.4 Å². The third-order valence-electron chi connectivity index (χ3n) is 3.97. The molecule has 0 spiro atoms. The second-order valence-electron chi connectivity index (χ2n) is 5.41. The second kappa shape index (κ2) is 5.61. The number of hydrogen-bond donors (Lipinski definition) is 0. The van der Waals surface area contributed by atoms with E-state index in [1.165, 1.54) is 0 Å². The maximum atomic E-state index is 5.87. The average Bonchev–Trinajstić information content (AvgIpc) is 2.92. The summed E-state index contributed by atoms with van der Waals surface area (Å²) in [5, 5.41) is 1.15. The first-order chi connectivity index (χ1) is 11.3. The zero-order valence-electron chi connectivity index (χ0n) is 12.8. The van der Waals surface area contributed by atoms with Crippen molar-refractivity contribution in [1.29, 1.82) is 0 Å². The molecule has 1 aromatic heterocycles. The van der Waals surface area contributed by atoms with Crippen molar-refractivity contribution < 1.29 is 4.74 Å². The highest BCUT2D eigenvalue weighted by Gasteiger charge is 2.21. The lowest BCUT2D eigenvalue weighted by atomic mass is 10.1. The molecule has 112 valence electrons. The van der Waals surface area contributed by atoms with E-state index in [1.54, 1.807) is 0 Å². The third kappa shape index (κ3) is 2.46. The normalized spacial score (nSPS) is 15.3. The molecule has 0 amide bonds. The van der Waals surface area contributed by atoms with Gasteiger partial charge < -0.3 is 9.64 Å². The molecule has 2 aromatic carbocycles. The largest absolute Gasteiger partial charge is 0.439 e. The standard InChI is InChI=1S/C20H16N2O/c1-22-18-10-4-5-11-19(18)23-20(22)12-6-7-15-13-14-21-17-9-3-2-8-16(15)17/h2-14H,1H3. The van der Waals surface area contributed by atoms with Gasteiger partial charge in [-0.1, -0.05) is 42.5 Å². The third-order valence-corrected chi connectivity index (χ3v) is 3.97. The van der Waals surface area contributed by atoms with Crippen molar-refractivity contribution in [2.24, 2.45) is 0 Å². The lowest BCUT2D eigenvalue weighted by Crippen LogP contribution is -2.12. The zero-order valence-corrected chi connectivity index (χ0v) is 12.8. The zero-order chi connectivity index (χ0) is 15.6. The van der Waals surface area contributed by atoms with Crippen LogP contribution in [0, 0.1) is 0 Å². The van der Waals surface area contributed by atoms with Crippen molar-refractivity contribution in [3.05, 3.63) is 84.4 Å². The fourth-order valence-electron chi connectivity index (χ4n) is 2.76. The van der Waals surface area contributed by atoms with E-state index >= 15 is 0 Å². The molecule has 0 aliphatic carbocycles. The molecule has 23 heavy (non-hydrogen) atoms. The molecule has 0 radical (unpaired) electrons. The molecule has 1 aliphatic rings. The van der Waals surface area contributed by atoms with Crippen molar-refractivity contribution in [3.8, 4) is 5.75 Å². The van der Waals surface area contributed by atoms with Crippen LogP contribution in [0.5, 0.6) is 5.75 Å². The highest BCUT2D eigenvalue weighted by Crippen LogP contribution is 2.37. The molecule has 0 unspecified atom stereocenters. The number of allylic oxidation sites excluding steroid dienone is 2. The predicted molar refractivity (Wildman–Crippen MR) is 94.3 cm³/mol. The summed E-state index contributed by atoms with van der Waals surface area (Å²) in [6, 6.07) is 18.2. The molecule has 1 aliphatic heterocycles. The number of aromatic nitrogens is 1. The van der Waals surface area contributed by atoms with Crippen molar-refractivity contribution in [2.75, 3.05) is 11.9 Å². The fraction of sp³-hybridized carbons (Fsp3) is 0.0500. The Labute approximate surface area is 135 Å². The minimum Gasteiger partial charge on any atom is -0.439 e. The van der Waals surface area contributed by atoms with Crippen molar-refractivity contribution in [2.45, 2.75) is 0 Å². The molecule has 0 saturated carbocycles. The summed E-state index contributed by atoms with van der Waals surface area (Å²) < 4.78 is 5.87. The first-order valence-electron chi connectivity index (χ1n) is 7.56. The molecular weight excluding hydrogens is 284 g/mol. The van der Waals surface area contributed by atoms with Gasteiger partial charge in [-0.3, -0.25) is 4.98 Å². The van der Waals surface area contributed by atoms with Gasteiger partial charge in [0.1, 0.15) is 0 Å². The van der Waals surface area contributed by atoms with E-state index in [-0.39, 0.29) is 0 Å². The summed E-state index contributed by atoms with van der Waals surface area (Å²) in [5.41, 5.74) is 3.23. The quantitative estimate of drug-likeness (QED) is 0.690. The van der Waals surface area contributed by atoms with E-state index in [0.717, 1.165) is 33.8 Å². The van der Waals surface area contributed by atoms with Gasteiger partial charge in [0.2, 0.25) is 0 Å². The lowest BCUT2D eigenvalue weighted by Gasteiger charge is -2.09. The Morgan fingerprint density at radius 2 is 1.83 bits per heavy atom. The molecule has 3 aromatic rings. The second-order valence-corrected chi connectivity index (χ2v) is 5.41. The van der Waals surface area contributed by atoms with Crippen LogP contribution in [0.25, 0.3) is 17.0 Å². The summed E-state index contributed by atoms with van der Waals surface area (Å²) in [7, 11) is 2.01. The highest BCUT2D eigenvalue weighted by molar-refractivity contribution is 5.87. The molecule has 3 heteroatoms. The van der Waals surface area contributed by atoms with Gasteiger partial charge in [0.25, 0.3) is 0 Å². The van der Waals surface area contributed by atoms with Gasteiger partial charge in [-0.2, -0.15) is 0 Å². The fourth-order valence-corrected chi connectivity index (χ4v) is 2.76. The summed E-state index contributed by atoms with van der Waals surface area (Å²) in [6.07, 6.45) is 7.91. The molecular formula is C20H16N2O. The van der Waals surface area contributed by atoms with Crippen LogP contribution in [0.3, 0.4) is 0 Å². The van der Waals surface area contributed by atoms with E-state index in [1.807, 2.05) is 72.8 Å². The summed E-state index contributed by atoms with van der Waals surface area (Å²) >= 11 is 0. The van der Waals surface area contributed by atoms with E-state index in [4.69, 9.17) is 4.74 Å². The SMILES string of the molecule is CN1C(=CC=Cc2ccnc3ccccc23)Oc2ccccc21. The van der Waals surface area contributed by atoms with Gasteiger partial charge in [-0.05, 0) is 35.9 Å². The van der Waals surface area contributed by atoms with E-state index in [9.17, 15) is 0 Å². The molecule has 3 nitrogen and oxygen atoms in total. The number of pyridine rings is 1. The van der Waals surface area contributed by atoms with E-state index in [2.05, 4.69) is 23.2 Å². The molecule has 4 rings (SSSR count). The number of benzene rings is 2. The summed E-state index contributed by atoms with van der Waals surface area (Å²) in [6.45, 7) is 0.